The van der Waals surface area contributed by atoms with Crippen LogP contribution < -0.4 is 4.72 Å². The highest BCUT2D eigenvalue weighted by Crippen LogP contribution is 2.21. The van der Waals surface area contributed by atoms with Crippen LogP contribution in [0.1, 0.15) is 6.42 Å². The number of imide groups is 1. The molecule has 12 heteroatoms. The Kier molecular flexibility index (Phi) is 5.11. The first-order valence-electron chi connectivity index (χ1n) is 7.91. The maximum atomic E-state index is 13.6. The van der Waals surface area contributed by atoms with Gasteiger partial charge in [0.15, 0.2) is 11.5 Å². The summed E-state index contributed by atoms with van der Waals surface area (Å²) in [6.07, 6.45) is -1.00. The Balaban J connectivity index is 1.49. The number of amides is 3. The number of ether oxygens (including phenoxy) is 1. The van der Waals surface area contributed by atoms with Crippen molar-refractivity contribution in [1.82, 2.24) is 14.5 Å². The Morgan fingerprint density at radius 2 is 1.85 bits per heavy atom. The van der Waals surface area contributed by atoms with Crippen molar-refractivity contribution in [2.24, 2.45) is 0 Å². The van der Waals surface area contributed by atoms with E-state index in [9.17, 15) is 31.6 Å². The van der Waals surface area contributed by atoms with Crippen LogP contribution in [0, 0.1) is 11.6 Å². The number of hydrogen-bond acceptors (Lipinski definition) is 6. The predicted molar refractivity (Wildman–Crippen MR) is 84.7 cm³/mol. The molecule has 27 heavy (non-hydrogen) atoms. The molecule has 2 aliphatic heterocycles. The van der Waals surface area contributed by atoms with Gasteiger partial charge in [-0.1, -0.05) is 6.07 Å². The van der Waals surface area contributed by atoms with Gasteiger partial charge in [0.05, 0.1) is 6.04 Å². The van der Waals surface area contributed by atoms with Gasteiger partial charge in [0.25, 0.3) is 5.91 Å². The average molecular weight is 403 g/mol. The van der Waals surface area contributed by atoms with Gasteiger partial charge in [0.2, 0.25) is 15.9 Å². The lowest BCUT2D eigenvalue weighted by Gasteiger charge is -2.42. The number of hydrogen-bond donors (Lipinski definition) is 1. The van der Waals surface area contributed by atoms with Crippen molar-refractivity contribution in [1.29, 1.82) is 0 Å². The molecule has 0 bridgehead atoms. The molecule has 0 aliphatic carbocycles. The van der Waals surface area contributed by atoms with Crippen molar-refractivity contribution in [3.05, 3.63) is 29.8 Å². The van der Waals surface area contributed by atoms with Crippen LogP contribution in [0.15, 0.2) is 23.1 Å². The fraction of sp³-hybridized carbons (Fsp3) is 0.400. The largest absolute Gasteiger partial charge is 0.439 e. The summed E-state index contributed by atoms with van der Waals surface area (Å²) in [4.78, 5) is 36.1. The number of nitrogens with zero attached hydrogens (tertiary/aromatic N) is 2. The second-order valence-electron chi connectivity index (χ2n) is 5.97. The molecule has 0 spiro atoms. The van der Waals surface area contributed by atoms with Crippen LogP contribution >= 0.6 is 0 Å². The SMILES string of the molecule is O=C(CCNS(=O)(=O)c1c(F)cccc1F)N1CC(N2C(=O)COC2=O)C1. The molecule has 1 aromatic rings. The van der Waals surface area contributed by atoms with E-state index in [1.54, 1.807) is 0 Å². The third-order valence-corrected chi connectivity index (χ3v) is 5.69. The molecule has 0 saturated carbocycles. The van der Waals surface area contributed by atoms with Crippen LogP contribution in [0.5, 0.6) is 0 Å². The first-order valence-corrected chi connectivity index (χ1v) is 9.39. The number of carbonyl (C=O) groups is 3. The van der Waals surface area contributed by atoms with Gasteiger partial charge in [0.1, 0.15) is 11.6 Å². The van der Waals surface area contributed by atoms with E-state index < -0.39 is 50.5 Å². The minimum atomic E-state index is -4.45. The molecular weight excluding hydrogens is 388 g/mol. The quantitative estimate of drug-likeness (QED) is 0.705. The number of benzene rings is 1. The summed E-state index contributed by atoms with van der Waals surface area (Å²) < 4.78 is 57.7. The number of sulfonamides is 1. The van der Waals surface area contributed by atoms with E-state index in [2.05, 4.69) is 4.74 Å². The van der Waals surface area contributed by atoms with Crippen molar-refractivity contribution in [3.63, 3.8) is 0 Å². The minimum absolute atomic E-state index is 0.119. The van der Waals surface area contributed by atoms with Crippen molar-refractivity contribution in [2.45, 2.75) is 17.4 Å². The number of carbonyl (C=O) groups excluding carboxylic acids is 3. The van der Waals surface area contributed by atoms with Gasteiger partial charge < -0.3 is 9.64 Å². The standard InChI is InChI=1S/C15H15F2N3O6S/c16-10-2-1-3-11(17)14(10)27(24,25)18-5-4-12(21)19-6-9(7-19)20-13(22)8-26-15(20)23/h1-3,9,18H,4-8H2. The zero-order valence-corrected chi connectivity index (χ0v) is 14.7. The van der Waals surface area contributed by atoms with Gasteiger partial charge in [0, 0.05) is 26.1 Å². The monoisotopic (exact) mass is 403 g/mol. The fourth-order valence-electron chi connectivity index (χ4n) is 2.80. The van der Waals surface area contributed by atoms with Crippen LogP contribution in [0.3, 0.4) is 0 Å². The van der Waals surface area contributed by atoms with Crippen LogP contribution in [0.2, 0.25) is 0 Å². The van der Waals surface area contributed by atoms with E-state index in [-0.39, 0.29) is 32.7 Å². The third kappa shape index (κ3) is 3.76. The molecule has 1 aromatic carbocycles. The number of likely N-dealkylation sites (tertiary alicyclic amines) is 1. The zero-order valence-electron chi connectivity index (χ0n) is 13.9. The van der Waals surface area contributed by atoms with Crippen LogP contribution in [-0.2, 0) is 24.3 Å². The van der Waals surface area contributed by atoms with Crippen LogP contribution in [0.4, 0.5) is 13.6 Å². The van der Waals surface area contributed by atoms with Gasteiger partial charge in [-0.3, -0.25) is 9.59 Å². The Bertz CT molecular complexity index is 865. The highest BCUT2D eigenvalue weighted by atomic mass is 32.2. The second-order valence-corrected chi connectivity index (χ2v) is 7.67. The van der Waals surface area contributed by atoms with Crippen LogP contribution in [-0.4, -0.2) is 68.4 Å². The molecule has 0 radical (unpaired) electrons. The highest BCUT2D eigenvalue weighted by Gasteiger charge is 2.44. The van der Waals surface area contributed by atoms with Crippen molar-refractivity contribution in [2.75, 3.05) is 26.2 Å². The summed E-state index contributed by atoms with van der Waals surface area (Å²) in [5.41, 5.74) is 0. The van der Waals surface area contributed by atoms with Crippen LogP contribution in [0.25, 0.3) is 0 Å². The van der Waals surface area contributed by atoms with Gasteiger partial charge >= 0.3 is 6.09 Å². The Morgan fingerprint density at radius 1 is 1.22 bits per heavy atom. The van der Waals surface area contributed by atoms with Gasteiger partial charge in [-0.05, 0) is 12.1 Å². The van der Waals surface area contributed by atoms with Gasteiger partial charge in [-0.2, -0.15) is 0 Å². The summed E-state index contributed by atoms with van der Waals surface area (Å²) >= 11 is 0. The summed E-state index contributed by atoms with van der Waals surface area (Å²) in [6, 6.07) is 2.19. The Hall–Kier alpha value is -2.60. The Labute approximate surface area is 152 Å². The maximum Gasteiger partial charge on any atom is 0.417 e. The van der Waals surface area contributed by atoms with E-state index in [1.165, 1.54) is 4.90 Å². The number of rotatable bonds is 6. The normalized spacial score (nSPS) is 17.9. The molecule has 3 rings (SSSR count). The van der Waals surface area contributed by atoms with Crippen molar-refractivity contribution >= 4 is 27.9 Å². The summed E-state index contributed by atoms with van der Waals surface area (Å²) in [7, 11) is -4.45. The number of halogens is 2. The summed E-state index contributed by atoms with van der Waals surface area (Å²) in [6.45, 7) is -0.443. The molecule has 2 heterocycles. The van der Waals surface area contributed by atoms with Gasteiger partial charge in [-0.15, -0.1) is 0 Å². The fourth-order valence-corrected chi connectivity index (χ4v) is 3.97. The first-order chi connectivity index (χ1) is 12.7. The first kappa shape index (κ1) is 19.2. The predicted octanol–water partition coefficient (Wildman–Crippen LogP) is -0.177. The molecule has 0 aromatic heterocycles. The van der Waals surface area contributed by atoms with E-state index in [4.69, 9.17) is 0 Å². The molecule has 0 unspecified atom stereocenters. The molecule has 146 valence electrons. The highest BCUT2D eigenvalue weighted by molar-refractivity contribution is 7.89. The summed E-state index contributed by atoms with van der Waals surface area (Å²) in [5.74, 6) is -3.37. The van der Waals surface area contributed by atoms with Crippen molar-refractivity contribution in [3.8, 4) is 0 Å². The van der Waals surface area contributed by atoms with E-state index >= 15 is 0 Å². The summed E-state index contributed by atoms with van der Waals surface area (Å²) in [5, 5.41) is 0. The molecule has 2 fully saturated rings. The van der Waals surface area contributed by atoms with E-state index in [1.807, 2.05) is 4.72 Å². The number of cyclic esters (lactones) is 1. The van der Waals surface area contributed by atoms with E-state index in [0.717, 1.165) is 23.1 Å². The number of nitrogens with one attached hydrogen (secondary N) is 1. The molecule has 3 amide bonds. The lowest BCUT2D eigenvalue weighted by Crippen LogP contribution is -2.62. The Morgan fingerprint density at radius 3 is 2.41 bits per heavy atom. The van der Waals surface area contributed by atoms with E-state index in [0.29, 0.717) is 0 Å². The van der Waals surface area contributed by atoms with Crippen molar-refractivity contribution < 1.29 is 36.3 Å². The molecule has 2 saturated heterocycles. The zero-order chi connectivity index (χ0) is 19.8. The lowest BCUT2D eigenvalue weighted by molar-refractivity contribution is -0.141. The molecule has 9 nitrogen and oxygen atoms in total. The smallest absolute Gasteiger partial charge is 0.417 e. The lowest BCUT2D eigenvalue weighted by atomic mass is 10.1. The molecular formula is C15H15F2N3O6S. The minimum Gasteiger partial charge on any atom is -0.439 e. The average Bonchev–Trinajstić information content (AvgIpc) is 2.85. The molecule has 2 aliphatic rings. The molecule has 0 atom stereocenters. The maximum absolute atomic E-state index is 13.6. The van der Waals surface area contributed by atoms with Gasteiger partial charge in [-0.25, -0.2) is 31.6 Å². The molecule has 1 N–H and O–H groups in total. The topological polar surface area (TPSA) is 113 Å². The third-order valence-electron chi connectivity index (χ3n) is 4.18. The second kappa shape index (κ2) is 7.19.